The molecule has 2 N–H and O–H groups in total. The summed E-state index contributed by atoms with van der Waals surface area (Å²) in [6.07, 6.45) is 9.56. The molecule has 0 atom stereocenters. The Morgan fingerprint density at radius 2 is 2.04 bits per heavy atom. The van der Waals surface area contributed by atoms with Crippen molar-refractivity contribution in [3.05, 3.63) is 53.9 Å². The first kappa shape index (κ1) is 20.0. The van der Waals surface area contributed by atoms with Gasteiger partial charge in [0.05, 0.1) is 13.2 Å². The van der Waals surface area contributed by atoms with Gasteiger partial charge in [-0.15, -0.1) is 0 Å². The minimum atomic E-state index is 0.284. The average Bonchev–Trinajstić information content (AvgIpc) is 3.25. The summed E-state index contributed by atoms with van der Waals surface area (Å²) in [6, 6.07) is 10.1. The predicted molar refractivity (Wildman–Crippen MR) is 112 cm³/mol. The predicted octanol–water partition coefficient (Wildman–Crippen LogP) is 3.32. The van der Waals surface area contributed by atoms with Crippen LogP contribution in [0.1, 0.15) is 36.8 Å². The van der Waals surface area contributed by atoms with Gasteiger partial charge in [0.1, 0.15) is 0 Å². The van der Waals surface area contributed by atoms with Gasteiger partial charge < -0.3 is 20.1 Å². The van der Waals surface area contributed by atoms with Gasteiger partial charge in [-0.25, -0.2) is 0 Å². The lowest BCUT2D eigenvalue weighted by Gasteiger charge is -2.20. The van der Waals surface area contributed by atoms with Gasteiger partial charge in [0.25, 0.3) is 0 Å². The third kappa shape index (κ3) is 5.62. The number of guanidine groups is 1. The Morgan fingerprint density at radius 3 is 2.75 bits per heavy atom. The van der Waals surface area contributed by atoms with E-state index in [-0.39, 0.29) is 6.10 Å². The highest BCUT2D eigenvalue weighted by molar-refractivity contribution is 5.79. The molecule has 150 valence electrons. The molecule has 0 saturated heterocycles. The van der Waals surface area contributed by atoms with Crippen LogP contribution in [0.3, 0.4) is 0 Å². The van der Waals surface area contributed by atoms with Gasteiger partial charge in [-0.2, -0.15) is 0 Å². The van der Waals surface area contributed by atoms with Crippen molar-refractivity contribution in [2.45, 2.75) is 44.8 Å². The second kappa shape index (κ2) is 10.5. The van der Waals surface area contributed by atoms with Crippen LogP contribution in [-0.2, 0) is 13.0 Å². The van der Waals surface area contributed by atoms with E-state index in [1.54, 1.807) is 20.4 Å². The molecule has 1 aromatic heterocycles. The molecule has 6 nitrogen and oxygen atoms in total. The standard InChI is InChI=1S/C22H30N4O2/c1-23-22(25-14-12-17-7-6-13-24-15-17)26-16-18-8-5-11-20(27-2)21(18)28-19-9-3-4-10-19/h5-8,11,13,15,19H,3-4,9-10,12,14,16H2,1-2H3,(H2,23,25,26). The third-order valence-corrected chi connectivity index (χ3v) is 4.97. The fourth-order valence-corrected chi connectivity index (χ4v) is 3.44. The lowest BCUT2D eigenvalue weighted by atomic mass is 10.1. The molecule has 1 aromatic carbocycles. The molecule has 3 rings (SSSR count). The number of ether oxygens (including phenoxy) is 2. The van der Waals surface area contributed by atoms with E-state index in [1.165, 1.54) is 18.4 Å². The lowest BCUT2D eigenvalue weighted by molar-refractivity contribution is 0.198. The number of nitrogens with zero attached hydrogens (tertiary/aromatic N) is 2. The van der Waals surface area contributed by atoms with Crippen molar-refractivity contribution < 1.29 is 9.47 Å². The summed E-state index contributed by atoms with van der Waals surface area (Å²) < 4.78 is 11.8. The van der Waals surface area contributed by atoms with Crippen molar-refractivity contribution in [2.75, 3.05) is 20.7 Å². The Labute approximate surface area is 167 Å². The maximum Gasteiger partial charge on any atom is 0.191 e. The fourth-order valence-electron chi connectivity index (χ4n) is 3.44. The van der Waals surface area contributed by atoms with Gasteiger partial charge in [0, 0.05) is 38.1 Å². The zero-order chi connectivity index (χ0) is 19.6. The van der Waals surface area contributed by atoms with Crippen molar-refractivity contribution in [3.8, 4) is 11.5 Å². The summed E-state index contributed by atoms with van der Waals surface area (Å²) in [4.78, 5) is 8.46. The van der Waals surface area contributed by atoms with E-state index in [1.807, 2.05) is 24.4 Å². The molecule has 1 aliphatic carbocycles. The molecule has 28 heavy (non-hydrogen) atoms. The Morgan fingerprint density at radius 1 is 1.18 bits per heavy atom. The minimum Gasteiger partial charge on any atom is -0.493 e. The number of aromatic nitrogens is 1. The number of pyridine rings is 1. The number of methoxy groups -OCH3 is 1. The van der Waals surface area contributed by atoms with E-state index in [2.05, 4.69) is 32.7 Å². The zero-order valence-electron chi connectivity index (χ0n) is 16.8. The van der Waals surface area contributed by atoms with Crippen LogP contribution in [0.2, 0.25) is 0 Å². The summed E-state index contributed by atoms with van der Waals surface area (Å²) in [5.41, 5.74) is 2.27. The number of benzene rings is 1. The Bertz CT molecular complexity index is 758. The molecule has 1 saturated carbocycles. The molecular formula is C22H30N4O2. The molecule has 0 spiro atoms. The van der Waals surface area contributed by atoms with Crippen molar-refractivity contribution in [1.29, 1.82) is 0 Å². The van der Waals surface area contributed by atoms with Crippen LogP contribution in [0.25, 0.3) is 0 Å². The molecule has 1 aliphatic rings. The number of rotatable bonds is 8. The number of aliphatic imine (C=N–C) groups is 1. The van der Waals surface area contributed by atoms with E-state index >= 15 is 0 Å². The van der Waals surface area contributed by atoms with Gasteiger partial charge in [-0.05, 0) is 49.8 Å². The monoisotopic (exact) mass is 382 g/mol. The number of nitrogens with one attached hydrogen (secondary N) is 2. The third-order valence-electron chi connectivity index (χ3n) is 4.97. The zero-order valence-corrected chi connectivity index (χ0v) is 16.8. The second-order valence-corrected chi connectivity index (χ2v) is 6.94. The van der Waals surface area contributed by atoms with Crippen molar-refractivity contribution in [1.82, 2.24) is 15.6 Å². The molecule has 0 unspecified atom stereocenters. The maximum atomic E-state index is 6.30. The van der Waals surface area contributed by atoms with E-state index in [0.29, 0.717) is 6.54 Å². The smallest absolute Gasteiger partial charge is 0.191 e. The quantitative estimate of drug-likeness (QED) is 0.541. The maximum absolute atomic E-state index is 6.30. The fraction of sp³-hybridized carbons (Fsp3) is 0.455. The molecule has 0 aliphatic heterocycles. The highest BCUT2D eigenvalue weighted by Crippen LogP contribution is 2.34. The molecule has 1 fully saturated rings. The van der Waals surface area contributed by atoms with Crippen molar-refractivity contribution in [3.63, 3.8) is 0 Å². The van der Waals surface area contributed by atoms with Crippen molar-refractivity contribution in [2.24, 2.45) is 4.99 Å². The van der Waals surface area contributed by atoms with E-state index < -0.39 is 0 Å². The van der Waals surface area contributed by atoms with Crippen LogP contribution in [0, 0.1) is 0 Å². The van der Waals surface area contributed by atoms with E-state index in [9.17, 15) is 0 Å². The van der Waals surface area contributed by atoms with Crippen LogP contribution in [0.4, 0.5) is 0 Å². The second-order valence-electron chi connectivity index (χ2n) is 6.94. The summed E-state index contributed by atoms with van der Waals surface area (Å²) in [6.45, 7) is 1.40. The molecule has 6 heteroatoms. The van der Waals surface area contributed by atoms with Gasteiger partial charge in [-0.3, -0.25) is 9.98 Å². The lowest BCUT2D eigenvalue weighted by Crippen LogP contribution is -2.38. The van der Waals surface area contributed by atoms with Gasteiger partial charge in [-0.1, -0.05) is 18.2 Å². The number of hydrogen-bond acceptors (Lipinski definition) is 4. The highest BCUT2D eigenvalue weighted by Gasteiger charge is 2.20. The Hall–Kier alpha value is -2.76. The van der Waals surface area contributed by atoms with Gasteiger partial charge in [0.2, 0.25) is 0 Å². The molecule has 2 aromatic rings. The molecular weight excluding hydrogens is 352 g/mol. The molecule has 1 heterocycles. The van der Waals surface area contributed by atoms with Crippen LogP contribution in [0.5, 0.6) is 11.5 Å². The first-order valence-corrected chi connectivity index (χ1v) is 9.96. The Balaban J connectivity index is 1.57. The SMILES string of the molecule is CN=C(NCCc1cccnc1)NCc1cccc(OC)c1OC1CCCC1. The first-order chi connectivity index (χ1) is 13.8. The van der Waals surface area contributed by atoms with Crippen LogP contribution in [0.15, 0.2) is 47.7 Å². The highest BCUT2D eigenvalue weighted by atomic mass is 16.5. The number of para-hydroxylation sites is 1. The summed E-state index contributed by atoms with van der Waals surface area (Å²) in [5, 5.41) is 6.72. The molecule has 0 radical (unpaired) electrons. The first-order valence-electron chi connectivity index (χ1n) is 9.96. The molecule has 0 bridgehead atoms. The summed E-state index contributed by atoms with van der Waals surface area (Å²) in [5.74, 6) is 2.39. The topological polar surface area (TPSA) is 67.8 Å². The van der Waals surface area contributed by atoms with Gasteiger partial charge >= 0.3 is 0 Å². The number of hydrogen-bond donors (Lipinski definition) is 2. The summed E-state index contributed by atoms with van der Waals surface area (Å²) in [7, 11) is 3.47. The van der Waals surface area contributed by atoms with E-state index in [0.717, 1.165) is 48.8 Å². The Kier molecular flexibility index (Phi) is 7.53. The summed E-state index contributed by atoms with van der Waals surface area (Å²) >= 11 is 0. The van der Waals surface area contributed by atoms with Crippen molar-refractivity contribution >= 4 is 5.96 Å². The average molecular weight is 383 g/mol. The van der Waals surface area contributed by atoms with Crippen LogP contribution >= 0.6 is 0 Å². The van der Waals surface area contributed by atoms with Crippen LogP contribution < -0.4 is 20.1 Å². The molecule has 0 amide bonds. The minimum absolute atomic E-state index is 0.284. The van der Waals surface area contributed by atoms with Gasteiger partial charge in [0.15, 0.2) is 17.5 Å². The van der Waals surface area contributed by atoms with Crippen LogP contribution in [-0.4, -0.2) is 37.7 Å². The largest absolute Gasteiger partial charge is 0.493 e. The normalized spacial score (nSPS) is 14.7. The van der Waals surface area contributed by atoms with E-state index in [4.69, 9.17) is 9.47 Å².